The fourth-order valence-electron chi connectivity index (χ4n) is 1.42. The molecule has 0 amide bonds. The van der Waals surface area contributed by atoms with Crippen molar-refractivity contribution in [3.05, 3.63) is 28.3 Å². The minimum Gasteiger partial charge on any atom is -0.326 e. The number of rotatable bonds is 3. The molecule has 0 fully saturated rings. The van der Waals surface area contributed by atoms with Gasteiger partial charge >= 0.3 is 0 Å². The Morgan fingerprint density at radius 2 is 2.14 bits per heavy atom. The van der Waals surface area contributed by atoms with Crippen LogP contribution in [0.2, 0.25) is 5.02 Å². The molecule has 2 N–H and O–H groups in total. The molecule has 2 nitrogen and oxygen atoms in total. The first kappa shape index (κ1) is 11.7. The highest BCUT2D eigenvalue weighted by Crippen LogP contribution is 2.23. The van der Waals surface area contributed by atoms with Crippen LogP contribution < -0.4 is 5.73 Å². The van der Waals surface area contributed by atoms with Gasteiger partial charge in [-0.3, -0.25) is 4.21 Å². The van der Waals surface area contributed by atoms with E-state index in [9.17, 15) is 4.21 Å². The summed E-state index contributed by atoms with van der Waals surface area (Å²) in [6, 6.07) is 3.61. The molecular formula is C10H14ClNOS. The van der Waals surface area contributed by atoms with E-state index < -0.39 is 10.8 Å². The zero-order chi connectivity index (χ0) is 10.7. The maximum Gasteiger partial charge on any atom is 0.0532 e. The summed E-state index contributed by atoms with van der Waals surface area (Å²) in [5, 5.41) is 0.653. The molecule has 0 aliphatic heterocycles. The van der Waals surface area contributed by atoms with Gasteiger partial charge in [0.25, 0.3) is 0 Å². The lowest BCUT2D eigenvalue weighted by Gasteiger charge is -2.10. The molecule has 0 bridgehead atoms. The molecular weight excluding hydrogens is 218 g/mol. The van der Waals surface area contributed by atoms with E-state index in [-0.39, 0.29) is 0 Å². The number of halogens is 1. The topological polar surface area (TPSA) is 43.1 Å². The molecule has 78 valence electrons. The first-order valence-electron chi connectivity index (χ1n) is 4.47. The molecule has 1 unspecified atom stereocenters. The number of hydrogen-bond acceptors (Lipinski definition) is 2. The summed E-state index contributed by atoms with van der Waals surface area (Å²) in [6.45, 7) is 4.18. The summed E-state index contributed by atoms with van der Waals surface area (Å²) < 4.78 is 11.7. The Bertz CT molecular complexity index is 365. The number of benzene rings is 1. The molecule has 0 heterocycles. The van der Waals surface area contributed by atoms with Crippen LogP contribution in [0.1, 0.15) is 18.1 Å². The van der Waals surface area contributed by atoms with E-state index in [0.717, 1.165) is 16.0 Å². The molecule has 4 heteroatoms. The van der Waals surface area contributed by atoms with Crippen molar-refractivity contribution in [3.63, 3.8) is 0 Å². The third-order valence-electron chi connectivity index (χ3n) is 2.03. The second-order valence-electron chi connectivity index (χ2n) is 3.05. The third-order valence-corrected chi connectivity index (χ3v) is 3.81. The second-order valence-corrected chi connectivity index (χ2v) is 5.16. The summed E-state index contributed by atoms with van der Waals surface area (Å²) in [7, 11) is -0.960. The van der Waals surface area contributed by atoms with Crippen molar-refractivity contribution in [2.45, 2.75) is 25.3 Å². The number of nitrogens with two attached hydrogens (primary N) is 1. The fraction of sp³-hybridized carbons (Fsp3) is 0.400. The quantitative estimate of drug-likeness (QED) is 0.867. The molecule has 1 aromatic carbocycles. The zero-order valence-corrected chi connectivity index (χ0v) is 9.91. The van der Waals surface area contributed by atoms with Crippen LogP contribution in [0, 0.1) is 6.92 Å². The lowest BCUT2D eigenvalue weighted by Crippen LogP contribution is -2.06. The molecule has 0 radical (unpaired) electrons. The van der Waals surface area contributed by atoms with Crippen molar-refractivity contribution in [2.24, 2.45) is 5.73 Å². The molecule has 0 saturated heterocycles. The Morgan fingerprint density at radius 1 is 1.50 bits per heavy atom. The second kappa shape index (κ2) is 4.91. The van der Waals surface area contributed by atoms with Crippen molar-refractivity contribution in [1.29, 1.82) is 0 Å². The highest BCUT2D eigenvalue weighted by atomic mass is 35.5. The SMILES string of the molecule is CCS(=O)c1c(C)cc(Cl)cc1CN. The molecule has 0 aliphatic carbocycles. The van der Waals surface area contributed by atoms with Gasteiger partial charge in [0.1, 0.15) is 0 Å². The van der Waals surface area contributed by atoms with Crippen LogP contribution in [-0.4, -0.2) is 9.96 Å². The standard InChI is InChI=1S/C10H14ClNOS/c1-3-14(13)10-7(2)4-9(11)5-8(10)6-12/h4-5H,3,6,12H2,1-2H3. The molecule has 0 aromatic heterocycles. The van der Waals surface area contributed by atoms with Crippen LogP contribution in [0.25, 0.3) is 0 Å². The van der Waals surface area contributed by atoms with Gasteiger partial charge in [0.05, 0.1) is 10.8 Å². The van der Waals surface area contributed by atoms with Crippen LogP contribution in [-0.2, 0) is 17.3 Å². The smallest absolute Gasteiger partial charge is 0.0532 e. The van der Waals surface area contributed by atoms with Gasteiger partial charge in [-0.25, -0.2) is 0 Å². The van der Waals surface area contributed by atoms with Crippen molar-refractivity contribution in [3.8, 4) is 0 Å². The molecule has 1 aromatic rings. The van der Waals surface area contributed by atoms with Gasteiger partial charge in [0.2, 0.25) is 0 Å². The lowest BCUT2D eigenvalue weighted by molar-refractivity contribution is 0.682. The fourth-order valence-corrected chi connectivity index (χ4v) is 2.86. The van der Waals surface area contributed by atoms with Crippen LogP contribution in [0.5, 0.6) is 0 Å². The predicted molar refractivity (Wildman–Crippen MR) is 61.0 cm³/mol. The highest BCUT2D eigenvalue weighted by Gasteiger charge is 2.11. The Morgan fingerprint density at radius 3 is 2.64 bits per heavy atom. The minimum absolute atomic E-state index is 0.377. The average molecular weight is 232 g/mol. The first-order valence-corrected chi connectivity index (χ1v) is 6.17. The minimum atomic E-state index is -0.960. The van der Waals surface area contributed by atoms with E-state index in [0.29, 0.717) is 17.3 Å². The van der Waals surface area contributed by atoms with Crippen molar-refractivity contribution < 1.29 is 4.21 Å². The Balaban J connectivity index is 3.32. The summed E-state index contributed by atoms with van der Waals surface area (Å²) in [5.41, 5.74) is 7.43. The molecule has 1 rings (SSSR count). The lowest BCUT2D eigenvalue weighted by atomic mass is 10.1. The molecule has 14 heavy (non-hydrogen) atoms. The van der Waals surface area contributed by atoms with Gasteiger partial charge in [-0.1, -0.05) is 18.5 Å². The van der Waals surface area contributed by atoms with E-state index in [4.69, 9.17) is 17.3 Å². The van der Waals surface area contributed by atoms with Gasteiger partial charge in [-0.05, 0) is 30.2 Å². The zero-order valence-electron chi connectivity index (χ0n) is 8.34. The summed E-state index contributed by atoms with van der Waals surface area (Å²) in [4.78, 5) is 0.847. The van der Waals surface area contributed by atoms with Gasteiger partial charge < -0.3 is 5.73 Å². The Labute approximate surface area is 91.9 Å². The Kier molecular flexibility index (Phi) is 4.11. The monoisotopic (exact) mass is 231 g/mol. The van der Waals surface area contributed by atoms with Gasteiger partial charge in [-0.2, -0.15) is 0 Å². The van der Waals surface area contributed by atoms with Gasteiger partial charge in [-0.15, -0.1) is 0 Å². The van der Waals surface area contributed by atoms with E-state index in [2.05, 4.69) is 0 Å². The summed E-state index contributed by atoms with van der Waals surface area (Å²) >= 11 is 5.89. The molecule has 0 aliphatic rings. The predicted octanol–water partition coefficient (Wildman–Crippen LogP) is 2.23. The van der Waals surface area contributed by atoms with Crippen molar-refractivity contribution >= 4 is 22.4 Å². The van der Waals surface area contributed by atoms with Gasteiger partial charge in [0.15, 0.2) is 0 Å². The third kappa shape index (κ3) is 2.35. The Hall–Kier alpha value is -0.380. The molecule has 0 spiro atoms. The van der Waals surface area contributed by atoms with Crippen LogP contribution in [0.3, 0.4) is 0 Å². The number of hydrogen-bond donors (Lipinski definition) is 1. The first-order chi connectivity index (χ1) is 6.60. The number of aryl methyl sites for hydroxylation is 1. The maximum atomic E-state index is 11.7. The van der Waals surface area contributed by atoms with Crippen LogP contribution in [0.15, 0.2) is 17.0 Å². The largest absolute Gasteiger partial charge is 0.326 e. The van der Waals surface area contributed by atoms with E-state index in [1.54, 1.807) is 6.07 Å². The average Bonchev–Trinajstić information content (AvgIpc) is 2.15. The maximum absolute atomic E-state index is 11.7. The molecule has 1 atom stereocenters. The van der Waals surface area contributed by atoms with Gasteiger partial charge in [0, 0.05) is 22.2 Å². The van der Waals surface area contributed by atoms with Crippen LogP contribution in [0.4, 0.5) is 0 Å². The molecule has 0 saturated carbocycles. The highest BCUT2D eigenvalue weighted by molar-refractivity contribution is 7.85. The van der Waals surface area contributed by atoms with Crippen LogP contribution >= 0.6 is 11.6 Å². The summed E-state index contributed by atoms with van der Waals surface area (Å²) in [5.74, 6) is 0.607. The van der Waals surface area contributed by atoms with Crippen molar-refractivity contribution in [2.75, 3.05) is 5.75 Å². The van der Waals surface area contributed by atoms with E-state index in [1.807, 2.05) is 19.9 Å². The van der Waals surface area contributed by atoms with E-state index >= 15 is 0 Å². The summed E-state index contributed by atoms with van der Waals surface area (Å²) in [6.07, 6.45) is 0. The van der Waals surface area contributed by atoms with E-state index in [1.165, 1.54) is 0 Å². The van der Waals surface area contributed by atoms with Crippen molar-refractivity contribution in [1.82, 2.24) is 0 Å². The normalized spacial score (nSPS) is 12.9.